The Labute approximate surface area is 153 Å². The third-order valence-electron chi connectivity index (χ3n) is 4.49. The van der Waals surface area contributed by atoms with Gasteiger partial charge in [-0.3, -0.25) is 9.78 Å². The Morgan fingerprint density at radius 1 is 1.04 bits per heavy atom. The van der Waals surface area contributed by atoms with Gasteiger partial charge in [0.25, 0.3) is 5.91 Å². The lowest BCUT2D eigenvalue weighted by Crippen LogP contribution is -2.44. The number of likely N-dealkylation sites (N-methyl/N-ethyl adjacent to an activating group) is 1. The number of carbonyl (C=O) groups excluding carboxylic acids is 1. The van der Waals surface area contributed by atoms with Gasteiger partial charge in [-0.2, -0.15) is 0 Å². The lowest BCUT2D eigenvalue weighted by atomic mass is 10.2. The van der Waals surface area contributed by atoms with Crippen LogP contribution in [0.5, 0.6) is 11.5 Å². The van der Waals surface area contributed by atoms with Crippen LogP contribution in [0.4, 0.5) is 11.4 Å². The van der Waals surface area contributed by atoms with Gasteiger partial charge in [0.2, 0.25) is 0 Å². The number of rotatable bonds is 5. The largest absolute Gasteiger partial charge is 0.493 e. The van der Waals surface area contributed by atoms with Crippen molar-refractivity contribution in [2.24, 2.45) is 0 Å². The number of piperazine rings is 1. The molecular formula is C19H24N4O3. The van der Waals surface area contributed by atoms with E-state index in [2.05, 4.69) is 27.1 Å². The number of hydrogen-bond donors (Lipinski definition) is 1. The molecule has 0 saturated carbocycles. The molecule has 0 aliphatic carbocycles. The van der Waals surface area contributed by atoms with Crippen LogP contribution in [0, 0.1) is 0 Å². The number of ether oxygens (including phenoxy) is 2. The van der Waals surface area contributed by atoms with Crippen molar-refractivity contribution in [1.82, 2.24) is 9.88 Å². The van der Waals surface area contributed by atoms with Crippen LogP contribution < -0.4 is 19.7 Å². The van der Waals surface area contributed by atoms with Crippen molar-refractivity contribution in [3.05, 3.63) is 42.2 Å². The molecular weight excluding hydrogens is 332 g/mol. The number of aromatic nitrogens is 1. The van der Waals surface area contributed by atoms with Gasteiger partial charge in [0.05, 0.1) is 14.2 Å². The number of methoxy groups -OCH3 is 2. The van der Waals surface area contributed by atoms with Gasteiger partial charge in [0, 0.05) is 49.8 Å². The Morgan fingerprint density at radius 3 is 2.46 bits per heavy atom. The van der Waals surface area contributed by atoms with Gasteiger partial charge < -0.3 is 24.6 Å². The number of nitrogens with one attached hydrogen (secondary N) is 1. The molecule has 1 amide bonds. The minimum absolute atomic E-state index is 0.256. The van der Waals surface area contributed by atoms with E-state index in [1.807, 2.05) is 12.1 Å². The molecule has 1 fully saturated rings. The van der Waals surface area contributed by atoms with Crippen LogP contribution in [0.15, 0.2) is 36.5 Å². The van der Waals surface area contributed by atoms with Crippen LogP contribution in [0.1, 0.15) is 10.5 Å². The second kappa shape index (κ2) is 8.05. The smallest absolute Gasteiger partial charge is 0.274 e. The maximum Gasteiger partial charge on any atom is 0.274 e. The van der Waals surface area contributed by atoms with Gasteiger partial charge in [-0.15, -0.1) is 0 Å². The molecule has 0 spiro atoms. The van der Waals surface area contributed by atoms with E-state index >= 15 is 0 Å². The van der Waals surface area contributed by atoms with E-state index in [1.54, 1.807) is 38.6 Å². The summed E-state index contributed by atoms with van der Waals surface area (Å²) in [5, 5.41) is 2.86. The highest BCUT2D eigenvalue weighted by Crippen LogP contribution is 2.30. The molecule has 2 aromatic rings. The van der Waals surface area contributed by atoms with Crippen molar-refractivity contribution in [3.8, 4) is 11.5 Å². The zero-order valence-corrected chi connectivity index (χ0v) is 15.4. The SMILES string of the molecule is COc1ccc(NC(=O)c2cc(N3CCN(C)CC3)ccn2)cc1OC. The van der Waals surface area contributed by atoms with Crippen molar-refractivity contribution in [2.75, 3.05) is 57.7 Å². The van der Waals surface area contributed by atoms with Crippen molar-refractivity contribution in [1.29, 1.82) is 0 Å². The zero-order valence-electron chi connectivity index (χ0n) is 15.4. The molecule has 7 nitrogen and oxygen atoms in total. The first-order valence-electron chi connectivity index (χ1n) is 8.53. The number of carbonyl (C=O) groups is 1. The Balaban J connectivity index is 1.73. The summed E-state index contributed by atoms with van der Waals surface area (Å²) in [4.78, 5) is 21.4. The third-order valence-corrected chi connectivity index (χ3v) is 4.49. The van der Waals surface area contributed by atoms with Gasteiger partial charge >= 0.3 is 0 Å². The zero-order chi connectivity index (χ0) is 18.5. The molecule has 3 rings (SSSR count). The van der Waals surface area contributed by atoms with Crippen LogP contribution >= 0.6 is 0 Å². The molecule has 1 aromatic carbocycles. The molecule has 0 bridgehead atoms. The number of nitrogens with zero attached hydrogens (tertiary/aromatic N) is 3. The van der Waals surface area contributed by atoms with Gasteiger partial charge in [-0.05, 0) is 31.3 Å². The second-order valence-electron chi connectivity index (χ2n) is 6.21. The highest BCUT2D eigenvalue weighted by Gasteiger charge is 2.16. The van der Waals surface area contributed by atoms with E-state index < -0.39 is 0 Å². The summed E-state index contributed by atoms with van der Waals surface area (Å²) in [6, 6.07) is 9.02. The Kier molecular flexibility index (Phi) is 5.58. The molecule has 2 heterocycles. The number of anilines is 2. The summed E-state index contributed by atoms with van der Waals surface area (Å²) in [5.41, 5.74) is 2.03. The number of amides is 1. The van der Waals surface area contributed by atoms with E-state index in [0.29, 0.717) is 22.9 Å². The maximum atomic E-state index is 12.6. The lowest BCUT2D eigenvalue weighted by molar-refractivity contribution is 0.102. The molecule has 7 heteroatoms. The highest BCUT2D eigenvalue weighted by atomic mass is 16.5. The molecule has 0 atom stereocenters. The van der Waals surface area contributed by atoms with E-state index in [0.717, 1.165) is 31.9 Å². The average molecular weight is 356 g/mol. The average Bonchev–Trinajstić information content (AvgIpc) is 2.68. The molecule has 1 aromatic heterocycles. The van der Waals surface area contributed by atoms with Gasteiger partial charge in [-0.25, -0.2) is 0 Å². The molecule has 1 aliphatic rings. The Hall–Kier alpha value is -2.80. The normalized spacial score (nSPS) is 14.8. The monoisotopic (exact) mass is 356 g/mol. The molecule has 0 unspecified atom stereocenters. The highest BCUT2D eigenvalue weighted by molar-refractivity contribution is 6.03. The van der Waals surface area contributed by atoms with Crippen molar-refractivity contribution >= 4 is 17.3 Å². The summed E-state index contributed by atoms with van der Waals surface area (Å²) in [7, 11) is 5.25. The van der Waals surface area contributed by atoms with Crippen LogP contribution in [-0.2, 0) is 0 Å². The molecule has 0 radical (unpaired) electrons. The van der Waals surface area contributed by atoms with Gasteiger partial charge in [-0.1, -0.05) is 0 Å². The number of pyridine rings is 1. The summed E-state index contributed by atoms with van der Waals surface area (Å²) in [5.74, 6) is 0.915. The molecule has 1 saturated heterocycles. The first-order valence-corrected chi connectivity index (χ1v) is 8.53. The lowest BCUT2D eigenvalue weighted by Gasteiger charge is -2.34. The maximum absolute atomic E-state index is 12.6. The standard InChI is InChI=1S/C19H24N4O3/c1-22-8-10-23(11-9-22)15-6-7-20-16(13-15)19(24)21-14-4-5-17(25-2)18(12-14)26-3/h4-7,12-13H,8-11H2,1-3H3,(H,21,24). The fourth-order valence-electron chi connectivity index (χ4n) is 2.91. The van der Waals surface area contributed by atoms with Crippen molar-refractivity contribution in [2.45, 2.75) is 0 Å². The van der Waals surface area contributed by atoms with E-state index in [4.69, 9.17) is 9.47 Å². The molecule has 1 N–H and O–H groups in total. The fraction of sp³-hybridized carbons (Fsp3) is 0.368. The van der Waals surface area contributed by atoms with Crippen LogP contribution in [-0.4, -0.2) is 63.2 Å². The van der Waals surface area contributed by atoms with E-state index in [9.17, 15) is 4.79 Å². The quantitative estimate of drug-likeness (QED) is 0.885. The summed E-state index contributed by atoms with van der Waals surface area (Å²) in [6.45, 7) is 3.90. The van der Waals surface area contributed by atoms with Crippen LogP contribution in [0.25, 0.3) is 0 Å². The van der Waals surface area contributed by atoms with Gasteiger partial charge in [0.15, 0.2) is 11.5 Å². The minimum Gasteiger partial charge on any atom is -0.493 e. The summed E-state index contributed by atoms with van der Waals surface area (Å²) in [6.07, 6.45) is 1.68. The third kappa shape index (κ3) is 4.05. The van der Waals surface area contributed by atoms with Crippen LogP contribution in [0.3, 0.4) is 0 Å². The van der Waals surface area contributed by atoms with Crippen molar-refractivity contribution in [3.63, 3.8) is 0 Å². The van der Waals surface area contributed by atoms with E-state index in [1.165, 1.54) is 0 Å². The second-order valence-corrected chi connectivity index (χ2v) is 6.21. The Bertz CT molecular complexity index is 773. The number of hydrogen-bond acceptors (Lipinski definition) is 6. The predicted molar refractivity (Wildman–Crippen MR) is 101 cm³/mol. The van der Waals surface area contributed by atoms with Gasteiger partial charge in [0.1, 0.15) is 5.69 Å². The summed E-state index contributed by atoms with van der Waals surface area (Å²) >= 11 is 0. The first-order chi connectivity index (χ1) is 12.6. The predicted octanol–water partition coefficient (Wildman–Crippen LogP) is 2.10. The number of benzene rings is 1. The molecule has 138 valence electrons. The Morgan fingerprint density at radius 2 is 1.77 bits per heavy atom. The van der Waals surface area contributed by atoms with Crippen molar-refractivity contribution < 1.29 is 14.3 Å². The van der Waals surface area contributed by atoms with Crippen LogP contribution in [0.2, 0.25) is 0 Å². The minimum atomic E-state index is -0.256. The van der Waals surface area contributed by atoms with E-state index in [-0.39, 0.29) is 5.91 Å². The molecule has 1 aliphatic heterocycles. The topological polar surface area (TPSA) is 66.9 Å². The molecule has 26 heavy (non-hydrogen) atoms. The fourth-order valence-corrected chi connectivity index (χ4v) is 2.91. The first kappa shape index (κ1) is 18.0. The summed E-state index contributed by atoms with van der Waals surface area (Å²) < 4.78 is 10.5.